The molecule has 0 aromatic heterocycles. The van der Waals surface area contributed by atoms with Crippen LogP contribution in [0.1, 0.15) is 15.9 Å². The predicted octanol–water partition coefficient (Wildman–Crippen LogP) is 4.61. The van der Waals surface area contributed by atoms with Crippen LogP contribution in [0, 0.1) is 17.0 Å². The van der Waals surface area contributed by atoms with Crippen molar-refractivity contribution in [1.82, 2.24) is 0 Å². The number of nitro groups is 1. The highest BCUT2D eigenvalue weighted by atomic mass is 35.5. The number of halogens is 1. The van der Waals surface area contributed by atoms with E-state index in [9.17, 15) is 23.3 Å². The Morgan fingerprint density at radius 1 is 1.03 bits per heavy atom. The topological polar surface area (TPSA) is 118 Å². The Morgan fingerprint density at radius 3 is 2.47 bits per heavy atom. The van der Waals surface area contributed by atoms with Crippen molar-refractivity contribution in [2.24, 2.45) is 0 Å². The summed E-state index contributed by atoms with van der Waals surface area (Å²) in [4.78, 5) is 22.7. The normalized spacial score (nSPS) is 11.0. The molecule has 2 N–H and O–H groups in total. The lowest BCUT2D eigenvalue weighted by atomic mass is 10.1. The average molecular weight is 446 g/mol. The fourth-order valence-corrected chi connectivity index (χ4v) is 4.27. The summed E-state index contributed by atoms with van der Waals surface area (Å²) >= 11 is 6.03. The largest absolute Gasteiger partial charge is 0.322 e. The molecule has 0 aliphatic rings. The lowest BCUT2D eigenvalue weighted by Crippen LogP contribution is -2.16. The van der Waals surface area contributed by atoms with Crippen molar-refractivity contribution < 1.29 is 18.1 Å². The van der Waals surface area contributed by atoms with Gasteiger partial charge in [0.15, 0.2) is 0 Å². The van der Waals surface area contributed by atoms with Crippen molar-refractivity contribution in [3.8, 4) is 0 Å². The summed E-state index contributed by atoms with van der Waals surface area (Å²) < 4.78 is 28.1. The standard InChI is InChI=1S/C20H16ClN3O5S/c1-13-9-10-15(22-20(25)14-5-4-6-16(11-14)24(26)27)12-19(13)30(28,29)23-18-8-3-2-7-17(18)21/h2-12,23H,1H3,(H,22,25). The first-order valence-corrected chi connectivity index (χ1v) is 10.5. The summed E-state index contributed by atoms with van der Waals surface area (Å²) in [5.74, 6) is -0.607. The molecule has 0 heterocycles. The summed E-state index contributed by atoms with van der Waals surface area (Å²) in [6.07, 6.45) is 0. The van der Waals surface area contributed by atoms with Crippen LogP contribution in [0.5, 0.6) is 0 Å². The maximum atomic E-state index is 12.8. The predicted molar refractivity (Wildman–Crippen MR) is 114 cm³/mol. The molecule has 0 radical (unpaired) electrons. The third-order valence-corrected chi connectivity index (χ3v) is 6.01. The maximum Gasteiger partial charge on any atom is 0.270 e. The number of aryl methyl sites for hydroxylation is 1. The van der Waals surface area contributed by atoms with Gasteiger partial charge in [-0.15, -0.1) is 0 Å². The molecule has 10 heteroatoms. The lowest BCUT2D eigenvalue weighted by Gasteiger charge is -2.13. The summed E-state index contributed by atoms with van der Waals surface area (Å²) in [7, 11) is -3.98. The van der Waals surface area contributed by atoms with E-state index in [1.165, 1.54) is 30.3 Å². The minimum atomic E-state index is -3.98. The molecule has 30 heavy (non-hydrogen) atoms. The number of carbonyl (C=O) groups excluding carboxylic acids is 1. The zero-order valence-electron chi connectivity index (χ0n) is 15.6. The second-order valence-electron chi connectivity index (χ2n) is 6.33. The molecule has 1 amide bonds. The molecule has 0 aliphatic heterocycles. The number of para-hydroxylation sites is 1. The number of non-ortho nitro benzene ring substituents is 1. The van der Waals surface area contributed by atoms with Gasteiger partial charge in [0, 0.05) is 23.4 Å². The molecule has 0 bridgehead atoms. The van der Waals surface area contributed by atoms with Gasteiger partial charge in [0.25, 0.3) is 21.6 Å². The van der Waals surface area contributed by atoms with Crippen molar-refractivity contribution >= 4 is 44.6 Å². The highest BCUT2D eigenvalue weighted by Crippen LogP contribution is 2.27. The van der Waals surface area contributed by atoms with E-state index in [0.717, 1.165) is 6.07 Å². The number of benzene rings is 3. The Balaban J connectivity index is 1.88. The van der Waals surface area contributed by atoms with Gasteiger partial charge in [-0.25, -0.2) is 8.42 Å². The number of hydrogen-bond donors (Lipinski definition) is 2. The number of nitrogens with one attached hydrogen (secondary N) is 2. The summed E-state index contributed by atoms with van der Waals surface area (Å²) in [5.41, 5.74) is 0.756. The van der Waals surface area contributed by atoms with Gasteiger partial charge in [-0.05, 0) is 42.8 Å². The number of hydrogen-bond acceptors (Lipinski definition) is 5. The Hall–Kier alpha value is -3.43. The molecule has 3 rings (SSSR count). The first kappa shape index (κ1) is 21.3. The van der Waals surface area contributed by atoms with E-state index in [0.29, 0.717) is 5.56 Å². The maximum absolute atomic E-state index is 12.8. The first-order valence-electron chi connectivity index (χ1n) is 8.61. The SMILES string of the molecule is Cc1ccc(NC(=O)c2cccc([N+](=O)[O-])c2)cc1S(=O)(=O)Nc1ccccc1Cl. The van der Waals surface area contributed by atoms with Crippen LogP contribution in [0.4, 0.5) is 17.1 Å². The van der Waals surface area contributed by atoms with E-state index in [-0.39, 0.29) is 32.5 Å². The number of sulfonamides is 1. The Bertz CT molecular complexity index is 1240. The summed E-state index contributed by atoms with van der Waals surface area (Å²) in [6, 6.07) is 16.0. The van der Waals surface area contributed by atoms with Crippen LogP contribution in [0.2, 0.25) is 5.02 Å². The fourth-order valence-electron chi connectivity index (χ4n) is 2.68. The minimum absolute atomic E-state index is 0.0424. The molecule has 8 nitrogen and oxygen atoms in total. The van der Waals surface area contributed by atoms with Gasteiger partial charge < -0.3 is 5.32 Å². The van der Waals surface area contributed by atoms with Crippen molar-refractivity contribution in [2.75, 3.05) is 10.0 Å². The number of rotatable bonds is 6. The van der Waals surface area contributed by atoms with Gasteiger partial charge in [0.1, 0.15) is 0 Å². The lowest BCUT2D eigenvalue weighted by molar-refractivity contribution is -0.384. The van der Waals surface area contributed by atoms with Crippen LogP contribution in [0.25, 0.3) is 0 Å². The number of nitrogens with zero attached hydrogens (tertiary/aromatic N) is 1. The number of amides is 1. The molecule has 0 unspecified atom stereocenters. The average Bonchev–Trinajstić information content (AvgIpc) is 2.71. The van der Waals surface area contributed by atoms with Crippen molar-refractivity contribution in [3.63, 3.8) is 0 Å². The third kappa shape index (κ3) is 4.76. The smallest absolute Gasteiger partial charge is 0.270 e. The Morgan fingerprint density at radius 2 is 1.77 bits per heavy atom. The zero-order chi connectivity index (χ0) is 21.9. The number of anilines is 2. The first-order chi connectivity index (χ1) is 14.2. The Labute approximate surface area is 177 Å². The zero-order valence-corrected chi connectivity index (χ0v) is 17.2. The fraction of sp³-hybridized carbons (Fsp3) is 0.0500. The molecule has 3 aromatic carbocycles. The molecule has 0 fully saturated rings. The number of carbonyl (C=O) groups is 1. The van der Waals surface area contributed by atoms with Crippen molar-refractivity contribution in [3.05, 3.63) is 93.0 Å². The molecule has 0 spiro atoms. The van der Waals surface area contributed by atoms with E-state index in [4.69, 9.17) is 11.6 Å². The minimum Gasteiger partial charge on any atom is -0.322 e. The van der Waals surface area contributed by atoms with Crippen LogP contribution in [-0.2, 0) is 10.0 Å². The molecular weight excluding hydrogens is 430 g/mol. The monoisotopic (exact) mass is 445 g/mol. The van der Waals surface area contributed by atoms with Crippen LogP contribution < -0.4 is 10.0 Å². The summed E-state index contributed by atoms with van der Waals surface area (Å²) in [6.45, 7) is 1.62. The third-order valence-electron chi connectivity index (χ3n) is 4.17. The molecule has 0 saturated heterocycles. The van der Waals surface area contributed by atoms with Gasteiger partial charge in [0.05, 0.1) is 20.5 Å². The van der Waals surface area contributed by atoms with E-state index < -0.39 is 20.9 Å². The van der Waals surface area contributed by atoms with E-state index in [1.807, 2.05) is 0 Å². The van der Waals surface area contributed by atoms with Crippen LogP contribution in [0.3, 0.4) is 0 Å². The van der Waals surface area contributed by atoms with Crippen LogP contribution in [0.15, 0.2) is 71.6 Å². The molecule has 0 saturated carbocycles. The number of nitro benzene ring substituents is 1. The van der Waals surface area contributed by atoms with E-state index in [1.54, 1.807) is 37.3 Å². The highest BCUT2D eigenvalue weighted by Gasteiger charge is 2.20. The second kappa shape index (κ2) is 8.52. The summed E-state index contributed by atoms with van der Waals surface area (Å²) in [5, 5.41) is 13.7. The molecular formula is C20H16ClN3O5S. The van der Waals surface area contributed by atoms with Gasteiger partial charge in [0.2, 0.25) is 0 Å². The van der Waals surface area contributed by atoms with E-state index >= 15 is 0 Å². The molecule has 3 aromatic rings. The van der Waals surface area contributed by atoms with Crippen LogP contribution in [-0.4, -0.2) is 19.2 Å². The molecule has 154 valence electrons. The van der Waals surface area contributed by atoms with Gasteiger partial charge >= 0.3 is 0 Å². The van der Waals surface area contributed by atoms with Crippen LogP contribution >= 0.6 is 11.6 Å². The van der Waals surface area contributed by atoms with Gasteiger partial charge in [-0.3, -0.25) is 19.6 Å². The molecule has 0 atom stereocenters. The van der Waals surface area contributed by atoms with E-state index in [2.05, 4.69) is 10.0 Å². The Kier molecular flexibility index (Phi) is 6.04. The highest BCUT2D eigenvalue weighted by molar-refractivity contribution is 7.92. The molecule has 0 aliphatic carbocycles. The van der Waals surface area contributed by atoms with Crippen molar-refractivity contribution in [2.45, 2.75) is 11.8 Å². The second-order valence-corrected chi connectivity index (χ2v) is 8.39. The quantitative estimate of drug-likeness (QED) is 0.424. The van der Waals surface area contributed by atoms with Gasteiger partial charge in [-0.2, -0.15) is 0 Å². The van der Waals surface area contributed by atoms with Gasteiger partial charge in [-0.1, -0.05) is 35.9 Å². The van der Waals surface area contributed by atoms with Crippen molar-refractivity contribution in [1.29, 1.82) is 0 Å².